The van der Waals surface area contributed by atoms with Gasteiger partial charge in [-0.1, -0.05) is 42.0 Å². The molecular weight excluding hydrogens is 376 g/mol. The Kier molecular flexibility index (Phi) is 4.70. The van der Waals surface area contributed by atoms with Crippen LogP contribution in [0.3, 0.4) is 0 Å². The van der Waals surface area contributed by atoms with Crippen LogP contribution < -0.4 is 5.32 Å². The van der Waals surface area contributed by atoms with Crippen molar-refractivity contribution in [3.05, 3.63) is 65.2 Å². The minimum Gasteiger partial charge on any atom is -0.301 e. The smallest absolute Gasteiger partial charge is 0.261 e. The summed E-state index contributed by atoms with van der Waals surface area (Å²) < 4.78 is 4.23. The molecule has 3 aromatic rings. The number of fused-ring (bicyclic) bond motifs is 1. The third-order valence-corrected chi connectivity index (χ3v) is 5.02. The lowest BCUT2D eigenvalue weighted by molar-refractivity contribution is -0.116. The second kappa shape index (κ2) is 7.32. The van der Waals surface area contributed by atoms with E-state index in [0.717, 1.165) is 27.6 Å². The number of amides is 3. The fraction of sp³-hybridized carbons (Fsp3) is 0.150. The number of nitrogens with zero attached hydrogens (tertiary/aromatic N) is 3. The fourth-order valence-corrected chi connectivity index (χ4v) is 3.59. The van der Waals surface area contributed by atoms with Gasteiger partial charge in [-0.3, -0.25) is 19.3 Å². The van der Waals surface area contributed by atoms with Crippen molar-refractivity contribution >= 4 is 34.4 Å². The number of aromatic nitrogens is 2. The maximum atomic E-state index is 12.4. The van der Waals surface area contributed by atoms with Crippen LogP contribution in [0.4, 0.5) is 5.13 Å². The Labute approximate surface area is 165 Å². The first-order chi connectivity index (χ1) is 13.5. The first-order valence-corrected chi connectivity index (χ1v) is 9.46. The van der Waals surface area contributed by atoms with Crippen LogP contribution in [0, 0.1) is 6.92 Å². The molecule has 0 aliphatic carbocycles. The van der Waals surface area contributed by atoms with E-state index in [4.69, 9.17) is 0 Å². The summed E-state index contributed by atoms with van der Waals surface area (Å²) in [5.41, 5.74) is 2.54. The molecule has 0 fully saturated rings. The van der Waals surface area contributed by atoms with Crippen LogP contribution in [0.2, 0.25) is 0 Å². The zero-order valence-electron chi connectivity index (χ0n) is 15.0. The molecule has 28 heavy (non-hydrogen) atoms. The quantitative estimate of drug-likeness (QED) is 0.674. The van der Waals surface area contributed by atoms with E-state index in [1.807, 2.05) is 37.3 Å². The van der Waals surface area contributed by atoms with Crippen molar-refractivity contribution in [1.29, 1.82) is 0 Å². The second-order valence-corrected chi connectivity index (χ2v) is 7.15. The van der Waals surface area contributed by atoms with Gasteiger partial charge in [0.25, 0.3) is 11.8 Å². The Balaban J connectivity index is 1.37. The van der Waals surface area contributed by atoms with Gasteiger partial charge in [-0.25, -0.2) is 0 Å². The summed E-state index contributed by atoms with van der Waals surface area (Å²) >= 11 is 1.08. The number of nitrogens with one attached hydrogen (secondary N) is 1. The minimum absolute atomic E-state index is 0.00923. The highest BCUT2D eigenvalue weighted by Crippen LogP contribution is 2.24. The van der Waals surface area contributed by atoms with E-state index < -0.39 is 0 Å². The van der Waals surface area contributed by atoms with Crippen molar-refractivity contribution in [2.24, 2.45) is 0 Å². The lowest BCUT2D eigenvalue weighted by Crippen LogP contribution is -2.32. The van der Waals surface area contributed by atoms with E-state index in [9.17, 15) is 14.4 Å². The third-order valence-electron chi connectivity index (χ3n) is 4.39. The maximum absolute atomic E-state index is 12.4. The van der Waals surface area contributed by atoms with Gasteiger partial charge in [-0.2, -0.15) is 9.36 Å². The monoisotopic (exact) mass is 392 g/mol. The molecule has 0 saturated carbocycles. The Morgan fingerprint density at radius 3 is 2.61 bits per heavy atom. The van der Waals surface area contributed by atoms with Crippen LogP contribution in [-0.2, 0) is 4.79 Å². The number of rotatable bonds is 5. The maximum Gasteiger partial charge on any atom is 0.261 e. The van der Waals surface area contributed by atoms with Gasteiger partial charge < -0.3 is 5.32 Å². The topological polar surface area (TPSA) is 92.3 Å². The van der Waals surface area contributed by atoms with Crippen molar-refractivity contribution in [1.82, 2.24) is 14.3 Å². The molecule has 3 amide bonds. The standard InChI is InChI=1S/C20H16N4O3S/c1-12-7-8-14-15(11-12)19(27)24(18(14)26)10-9-16(25)21-20-22-17(23-28-20)13-5-3-2-4-6-13/h2-8,11H,9-10H2,1H3,(H,21,22,23,25). The summed E-state index contributed by atoms with van der Waals surface area (Å²) in [6.07, 6.45) is -0.00923. The number of carbonyl (C=O) groups excluding carboxylic acids is 3. The molecule has 0 atom stereocenters. The molecule has 0 unspecified atom stereocenters. The molecule has 2 aromatic carbocycles. The summed E-state index contributed by atoms with van der Waals surface area (Å²) in [6.45, 7) is 1.88. The average Bonchev–Trinajstić information content (AvgIpc) is 3.25. The molecule has 140 valence electrons. The first-order valence-electron chi connectivity index (χ1n) is 8.69. The van der Waals surface area contributed by atoms with Gasteiger partial charge in [-0.15, -0.1) is 0 Å². The zero-order valence-corrected chi connectivity index (χ0v) is 15.8. The van der Waals surface area contributed by atoms with Crippen LogP contribution >= 0.6 is 11.5 Å². The lowest BCUT2D eigenvalue weighted by atomic mass is 10.1. The first kappa shape index (κ1) is 18.0. The number of anilines is 1. The molecule has 7 nitrogen and oxygen atoms in total. The number of imide groups is 1. The Bertz CT molecular complexity index is 1080. The van der Waals surface area contributed by atoms with E-state index in [-0.39, 0.29) is 30.7 Å². The molecule has 0 saturated heterocycles. The van der Waals surface area contributed by atoms with Gasteiger partial charge in [0.2, 0.25) is 11.0 Å². The molecular formula is C20H16N4O3S. The number of benzene rings is 2. The highest BCUT2D eigenvalue weighted by molar-refractivity contribution is 7.10. The molecule has 4 rings (SSSR count). The summed E-state index contributed by atoms with van der Waals surface area (Å²) in [5, 5.41) is 3.05. The van der Waals surface area contributed by atoms with Gasteiger partial charge in [0.05, 0.1) is 11.1 Å². The molecule has 8 heteroatoms. The normalized spacial score (nSPS) is 13.0. The van der Waals surface area contributed by atoms with Crippen molar-refractivity contribution in [2.75, 3.05) is 11.9 Å². The summed E-state index contributed by atoms with van der Waals surface area (Å²) in [4.78, 5) is 42.5. The van der Waals surface area contributed by atoms with E-state index >= 15 is 0 Å². The summed E-state index contributed by atoms with van der Waals surface area (Å²) in [7, 11) is 0. The molecule has 1 aliphatic heterocycles. The van der Waals surface area contributed by atoms with Crippen molar-refractivity contribution < 1.29 is 14.4 Å². The molecule has 0 spiro atoms. The highest BCUT2D eigenvalue weighted by atomic mass is 32.1. The Morgan fingerprint density at radius 1 is 1.07 bits per heavy atom. The lowest BCUT2D eigenvalue weighted by Gasteiger charge is -2.12. The summed E-state index contributed by atoms with van der Waals surface area (Å²) in [5.74, 6) is -0.519. The van der Waals surface area contributed by atoms with Gasteiger partial charge >= 0.3 is 0 Å². The molecule has 1 aliphatic rings. The van der Waals surface area contributed by atoms with Crippen LogP contribution in [0.15, 0.2) is 48.5 Å². The predicted molar refractivity (Wildman–Crippen MR) is 105 cm³/mol. The number of carbonyl (C=O) groups is 3. The molecule has 1 aromatic heterocycles. The number of hydrogen-bond acceptors (Lipinski definition) is 6. The van der Waals surface area contributed by atoms with E-state index in [1.54, 1.807) is 18.2 Å². The van der Waals surface area contributed by atoms with E-state index in [0.29, 0.717) is 22.1 Å². The van der Waals surface area contributed by atoms with Crippen LogP contribution in [0.1, 0.15) is 32.7 Å². The van der Waals surface area contributed by atoms with Crippen molar-refractivity contribution in [3.63, 3.8) is 0 Å². The SMILES string of the molecule is Cc1ccc2c(c1)C(=O)N(CCC(=O)Nc1nc(-c3ccccc3)ns1)C2=O. The van der Waals surface area contributed by atoms with Crippen LogP contribution in [0.5, 0.6) is 0 Å². The van der Waals surface area contributed by atoms with E-state index in [1.165, 1.54) is 0 Å². The second-order valence-electron chi connectivity index (χ2n) is 6.40. The number of aryl methyl sites for hydroxylation is 1. The minimum atomic E-state index is -0.366. The van der Waals surface area contributed by atoms with Gasteiger partial charge in [0.1, 0.15) is 0 Å². The van der Waals surface area contributed by atoms with E-state index in [2.05, 4.69) is 14.7 Å². The Morgan fingerprint density at radius 2 is 1.82 bits per heavy atom. The van der Waals surface area contributed by atoms with Gasteiger partial charge in [-0.05, 0) is 19.1 Å². The fourth-order valence-electron chi connectivity index (χ4n) is 2.98. The molecule has 1 N–H and O–H groups in total. The highest BCUT2D eigenvalue weighted by Gasteiger charge is 2.35. The largest absolute Gasteiger partial charge is 0.301 e. The third kappa shape index (κ3) is 3.41. The van der Waals surface area contributed by atoms with Gasteiger partial charge in [0.15, 0.2) is 5.82 Å². The average molecular weight is 392 g/mol. The molecule has 0 radical (unpaired) electrons. The zero-order chi connectivity index (χ0) is 19.7. The molecule has 2 heterocycles. The van der Waals surface area contributed by atoms with Crippen LogP contribution in [0.25, 0.3) is 11.4 Å². The number of hydrogen-bond donors (Lipinski definition) is 1. The Hall–Kier alpha value is -3.39. The summed E-state index contributed by atoms with van der Waals surface area (Å²) in [6, 6.07) is 14.6. The molecule has 0 bridgehead atoms. The van der Waals surface area contributed by atoms with Crippen molar-refractivity contribution in [2.45, 2.75) is 13.3 Å². The van der Waals surface area contributed by atoms with Gasteiger partial charge in [0, 0.05) is 30.1 Å². The van der Waals surface area contributed by atoms with Crippen LogP contribution in [-0.4, -0.2) is 38.5 Å². The predicted octanol–water partition coefficient (Wildman–Crippen LogP) is 3.14. The van der Waals surface area contributed by atoms with Crippen molar-refractivity contribution in [3.8, 4) is 11.4 Å².